The van der Waals surface area contributed by atoms with Crippen LogP contribution < -0.4 is 4.74 Å². The molecule has 1 N–H and O–H groups in total. The number of hydrogen-bond acceptors (Lipinski definition) is 5. The number of hydrogen-bond donors (Lipinski definition) is 1. The highest BCUT2D eigenvalue weighted by Crippen LogP contribution is 2.30. The van der Waals surface area contributed by atoms with Gasteiger partial charge in [0.2, 0.25) is 0 Å². The van der Waals surface area contributed by atoms with Crippen LogP contribution >= 0.6 is 11.8 Å². The minimum Gasteiger partial charge on any atom is -0.497 e. The molecule has 6 nitrogen and oxygen atoms in total. The van der Waals surface area contributed by atoms with E-state index in [1.54, 1.807) is 13.4 Å². The number of carbonyl (C=O) groups is 1. The van der Waals surface area contributed by atoms with Crippen molar-refractivity contribution in [1.29, 1.82) is 0 Å². The summed E-state index contributed by atoms with van der Waals surface area (Å²) in [6.07, 6.45) is 1.64. The number of nitrogens with one attached hydrogen (secondary N) is 1. The van der Waals surface area contributed by atoms with E-state index in [1.807, 2.05) is 66.9 Å². The molecule has 2 aromatic heterocycles. The van der Waals surface area contributed by atoms with Crippen LogP contribution in [0.2, 0.25) is 0 Å². The molecule has 0 aliphatic rings. The Labute approximate surface area is 166 Å². The molecule has 0 unspecified atom stereocenters. The maximum Gasteiger partial charge on any atom is 0.196 e. The van der Waals surface area contributed by atoms with Gasteiger partial charge >= 0.3 is 0 Å². The Morgan fingerprint density at radius 2 is 2.04 bits per heavy atom. The third-order valence-electron chi connectivity index (χ3n) is 4.64. The molecule has 0 fully saturated rings. The lowest BCUT2D eigenvalue weighted by Gasteiger charge is -2.12. The van der Waals surface area contributed by atoms with E-state index in [1.165, 1.54) is 11.8 Å². The Hall–Kier alpha value is -3.06. The molecule has 142 valence electrons. The summed E-state index contributed by atoms with van der Waals surface area (Å²) >= 11 is 1.39. The SMILES string of the molecule is COc1cccc(-n2cnnc2S[C@@H](C)C(=O)c2c(C)[nH]c3ccccc23)c1. The Morgan fingerprint density at radius 3 is 2.86 bits per heavy atom. The first-order valence-corrected chi connectivity index (χ1v) is 9.79. The van der Waals surface area contributed by atoms with Crippen molar-refractivity contribution in [2.24, 2.45) is 0 Å². The topological polar surface area (TPSA) is 72.8 Å². The number of H-pyrrole nitrogens is 1. The molecule has 0 saturated carbocycles. The van der Waals surface area contributed by atoms with Crippen LogP contribution in [0.5, 0.6) is 5.75 Å². The van der Waals surface area contributed by atoms with Crippen LogP contribution in [0.15, 0.2) is 60.0 Å². The van der Waals surface area contributed by atoms with Gasteiger partial charge in [-0.2, -0.15) is 0 Å². The fourth-order valence-corrected chi connectivity index (χ4v) is 4.15. The van der Waals surface area contributed by atoms with E-state index in [-0.39, 0.29) is 11.0 Å². The molecular formula is C21H20N4O2S. The van der Waals surface area contributed by atoms with Crippen molar-refractivity contribution >= 4 is 28.4 Å². The van der Waals surface area contributed by atoms with Crippen LogP contribution in [0, 0.1) is 6.92 Å². The number of aromatic nitrogens is 4. The molecule has 2 heterocycles. The zero-order valence-electron chi connectivity index (χ0n) is 15.8. The highest BCUT2D eigenvalue weighted by Gasteiger charge is 2.24. The van der Waals surface area contributed by atoms with E-state index in [9.17, 15) is 4.79 Å². The maximum absolute atomic E-state index is 13.2. The van der Waals surface area contributed by atoms with Gasteiger partial charge in [-0.3, -0.25) is 9.36 Å². The van der Waals surface area contributed by atoms with Crippen LogP contribution in [-0.2, 0) is 0 Å². The second kappa shape index (κ2) is 7.52. The number of aryl methyl sites for hydroxylation is 1. The Kier molecular flexibility index (Phi) is 4.92. The highest BCUT2D eigenvalue weighted by molar-refractivity contribution is 8.00. The van der Waals surface area contributed by atoms with Gasteiger partial charge in [0.15, 0.2) is 10.9 Å². The highest BCUT2D eigenvalue weighted by atomic mass is 32.2. The smallest absolute Gasteiger partial charge is 0.196 e. The van der Waals surface area contributed by atoms with Crippen molar-refractivity contribution in [3.63, 3.8) is 0 Å². The predicted octanol–water partition coefficient (Wildman–Crippen LogP) is 4.43. The first kappa shape index (κ1) is 18.3. The monoisotopic (exact) mass is 392 g/mol. The van der Waals surface area contributed by atoms with Gasteiger partial charge in [0.25, 0.3) is 0 Å². The van der Waals surface area contributed by atoms with Gasteiger partial charge in [0.05, 0.1) is 18.0 Å². The average Bonchev–Trinajstić information content (AvgIpc) is 3.30. The first-order chi connectivity index (χ1) is 13.6. The largest absolute Gasteiger partial charge is 0.497 e. The lowest BCUT2D eigenvalue weighted by molar-refractivity contribution is 0.0995. The van der Waals surface area contributed by atoms with E-state index in [0.717, 1.165) is 33.6 Å². The van der Waals surface area contributed by atoms with E-state index in [0.29, 0.717) is 5.16 Å². The van der Waals surface area contributed by atoms with Crippen LogP contribution in [0.25, 0.3) is 16.6 Å². The van der Waals surface area contributed by atoms with Gasteiger partial charge in [-0.05, 0) is 32.0 Å². The molecule has 28 heavy (non-hydrogen) atoms. The van der Waals surface area contributed by atoms with Crippen molar-refractivity contribution in [1.82, 2.24) is 19.7 Å². The molecule has 0 aliphatic carbocycles. The molecule has 4 rings (SSSR count). The first-order valence-electron chi connectivity index (χ1n) is 8.91. The van der Waals surface area contributed by atoms with Crippen LogP contribution in [-0.4, -0.2) is 37.9 Å². The number of Topliss-reactive ketones (excluding diaryl/α,β-unsaturated/α-hetero) is 1. The normalized spacial score (nSPS) is 12.2. The second-order valence-corrected chi connectivity index (χ2v) is 7.79. The molecule has 1 atom stereocenters. The van der Waals surface area contributed by atoms with Gasteiger partial charge < -0.3 is 9.72 Å². The number of ether oxygens (including phenoxy) is 1. The predicted molar refractivity (Wildman–Crippen MR) is 111 cm³/mol. The number of nitrogens with zero attached hydrogens (tertiary/aromatic N) is 3. The van der Waals surface area contributed by atoms with E-state index >= 15 is 0 Å². The fraction of sp³-hybridized carbons (Fsp3) is 0.190. The number of fused-ring (bicyclic) bond motifs is 1. The molecular weight excluding hydrogens is 372 g/mol. The van der Waals surface area contributed by atoms with Crippen molar-refractivity contribution in [2.45, 2.75) is 24.3 Å². The van der Waals surface area contributed by atoms with E-state index in [4.69, 9.17) is 4.74 Å². The van der Waals surface area contributed by atoms with Crippen LogP contribution in [0.4, 0.5) is 0 Å². The number of benzene rings is 2. The molecule has 0 amide bonds. The number of rotatable bonds is 6. The second-order valence-electron chi connectivity index (χ2n) is 6.48. The Bertz CT molecular complexity index is 1150. The minimum absolute atomic E-state index is 0.0696. The summed E-state index contributed by atoms with van der Waals surface area (Å²) in [5.74, 6) is 0.820. The standard InChI is InChI=1S/C21H20N4O2S/c1-13-19(17-9-4-5-10-18(17)23-13)20(26)14(2)28-21-24-22-12-25(21)15-7-6-8-16(11-15)27-3/h4-12,14,23H,1-3H3/t14-/m0/s1. The lowest BCUT2D eigenvalue weighted by Crippen LogP contribution is -2.15. The van der Waals surface area contributed by atoms with Gasteiger partial charge in [0.1, 0.15) is 12.1 Å². The fourth-order valence-electron chi connectivity index (χ4n) is 3.25. The molecule has 0 saturated heterocycles. The van der Waals surface area contributed by atoms with E-state index < -0.39 is 0 Å². The molecule has 2 aromatic carbocycles. The number of carbonyl (C=O) groups excluding carboxylic acids is 1. The Morgan fingerprint density at radius 1 is 1.21 bits per heavy atom. The molecule has 7 heteroatoms. The summed E-state index contributed by atoms with van der Waals surface area (Å²) in [6, 6.07) is 15.5. The summed E-state index contributed by atoms with van der Waals surface area (Å²) < 4.78 is 7.16. The van der Waals surface area contributed by atoms with Crippen molar-refractivity contribution in [3.05, 3.63) is 66.1 Å². The quantitative estimate of drug-likeness (QED) is 0.388. The van der Waals surface area contributed by atoms with Crippen LogP contribution in [0.1, 0.15) is 23.0 Å². The minimum atomic E-state index is -0.313. The summed E-state index contributed by atoms with van der Waals surface area (Å²) in [4.78, 5) is 16.5. The van der Waals surface area contributed by atoms with Crippen molar-refractivity contribution < 1.29 is 9.53 Å². The summed E-state index contributed by atoms with van der Waals surface area (Å²) in [6.45, 7) is 3.84. The lowest BCUT2D eigenvalue weighted by atomic mass is 10.1. The molecule has 4 aromatic rings. The third kappa shape index (κ3) is 3.29. The summed E-state index contributed by atoms with van der Waals surface area (Å²) in [5, 5.41) is 9.54. The van der Waals surface area contributed by atoms with E-state index in [2.05, 4.69) is 15.2 Å². The number of methoxy groups -OCH3 is 1. The zero-order valence-corrected chi connectivity index (χ0v) is 16.7. The summed E-state index contributed by atoms with van der Waals surface area (Å²) in [5.41, 5.74) is 3.48. The third-order valence-corrected chi connectivity index (χ3v) is 5.70. The van der Waals surface area contributed by atoms with Crippen molar-refractivity contribution in [3.8, 4) is 11.4 Å². The number of aromatic amines is 1. The van der Waals surface area contributed by atoms with Gasteiger partial charge in [0, 0.05) is 28.2 Å². The van der Waals surface area contributed by atoms with Gasteiger partial charge in [-0.25, -0.2) is 0 Å². The Balaban J connectivity index is 1.62. The molecule has 0 bridgehead atoms. The number of ketones is 1. The molecule has 0 aliphatic heterocycles. The van der Waals surface area contributed by atoms with Crippen molar-refractivity contribution in [2.75, 3.05) is 7.11 Å². The average molecular weight is 392 g/mol. The number of thioether (sulfide) groups is 1. The summed E-state index contributed by atoms with van der Waals surface area (Å²) in [7, 11) is 1.63. The maximum atomic E-state index is 13.2. The van der Waals surface area contributed by atoms with Crippen LogP contribution in [0.3, 0.4) is 0 Å². The van der Waals surface area contributed by atoms with Gasteiger partial charge in [-0.15, -0.1) is 10.2 Å². The molecule has 0 radical (unpaired) electrons. The number of para-hydroxylation sites is 1. The van der Waals surface area contributed by atoms with Gasteiger partial charge in [-0.1, -0.05) is 36.0 Å². The molecule has 0 spiro atoms. The zero-order chi connectivity index (χ0) is 19.7.